The standard InChI is InChI=1S/C19H17ClN4/c1-13-22-16-8-4-5-9-17(16)24(13)11-10-21-18-12-14-6-2-3-7-15(14)19(20)23-18/h2-9,12H,10-11H2,1H3,(H,21,23). The van der Waals surface area contributed by atoms with E-state index in [4.69, 9.17) is 11.6 Å². The highest BCUT2D eigenvalue weighted by Crippen LogP contribution is 2.24. The van der Waals surface area contributed by atoms with Crippen LogP contribution in [-0.2, 0) is 6.54 Å². The van der Waals surface area contributed by atoms with Crippen LogP contribution in [0.5, 0.6) is 0 Å². The fourth-order valence-corrected chi connectivity index (χ4v) is 3.28. The second kappa shape index (κ2) is 6.13. The highest BCUT2D eigenvalue weighted by atomic mass is 35.5. The molecule has 0 saturated carbocycles. The van der Waals surface area contributed by atoms with Crippen molar-refractivity contribution in [2.45, 2.75) is 13.5 Å². The van der Waals surface area contributed by atoms with Crippen LogP contribution in [0.4, 0.5) is 5.82 Å². The Kier molecular flexibility index (Phi) is 3.82. The highest BCUT2D eigenvalue weighted by Gasteiger charge is 2.07. The van der Waals surface area contributed by atoms with Crippen LogP contribution >= 0.6 is 11.6 Å². The topological polar surface area (TPSA) is 42.7 Å². The van der Waals surface area contributed by atoms with Gasteiger partial charge in [-0.1, -0.05) is 48.0 Å². The summed E-state index contributed by atoms with van der Waals surface area (Å²) in [5.41, 5.74) is 2.18. The monoisotopic (exact) mass is 336 g/mol. The van der Waals surface area contributed by atoms with Gasteiger partial charge in [-0.05, 0) is 30.5 Å². The quantitative estimate of drug-likeness (QED) is 0.551. The van der Waals surface area contributed by atoms with Gasteiger partial charge in [0.25, 0.3) is 0 Å². The van der Waals surface area contributed by atoms with Crippen molar-refractivity contribution in [2.75, 3.05) is 11.9 Å². The van der Waals surface area contributed by atoms with Gasteiger partial charge >= 0.3 is 0 Å². The van der Waals surface area contributed by atoms with E-state index in [2.05, 4.69) is 25.9 Å². The van der Waals surface area contributed by atoms with Crippen molar-refractivity contribution in [1.82, 2.24) is 14.5 Å². The lowest BCUT2D eigenvalue weighted by atomic mass is 10.2. The second-order valence-corrected chi connectivity index (χ2v) is 6.10. The number of nitrogens with zero attached hydrogens (tertiary/aromatic N) is 3. The summed E-state index contributed by atoms with van der Waals surface area (Å²) in [5.74, 6) is 1.81. The Hall–Kier alpha value is -2.59. The molecule has 0 atom stereocenters. The maximum Gasteiger partial charge on any atom is 0.139 e. The normalized spacial score (nSPS) is 11.2. The van der Waals surface area contributed by atoms with Gasteiger partial charge in [-0.2, -0.15) is 0 Å². The van der Waals surface area contributed by atoms with E-state index in [9.17, 15) is 0 Å². The number of pyridine rings is 1. The second-order valence-electron chi connectivity index (χ2n) is 5.75. The van der Waals surface area contributed by atoms with Crippen LogP contribution in [0.1, 0.15) is 5.82 Å². The minimum atomic E-state index is 0.528. The van der Waals surface area contributed by atoms with E-state index in [1.807, 2.05) is 55.5 Å². The van der Waals surface area contributed by atoms with Crippen LogP contribution in [0.15, 0.2) is 54.6 Å². The molecule has 1 N–H and O–H groups in total. The molecule has 2 heterocycles. The molecular formula is C19H17ClN4. The number of imidazole rings is 1. The van der Waals surface area contributed by atoms with Crippen LogP contribution in [0.25, 0.3) is 21.8 Å². The Morgan fingerprint density at radius 1 is 1.04 bits per heavy atom. The molecule has 5 heteroatoms. The molecular weight excluding hydrogens is 320 g/mol. The fraction of sp³-hybridized carbons (Fsp3) is 0.158. The SMILES string of the molecule is Cc1nc2ccccc2n1CCNc1cc2ccccc2c(Cl)n1. The molecule has 4 nitrogen and oxygen atoms in total. The molecule has 0 amide bonds. The summed E-state index contributed by atoms with van der Waals surface area (Å²) >= 11 is 6.28. The Morgan fingerprint density at radius 3 is 2.75 bits per heavy atom. The lowest BCUT2D eigenvalue weighted by Crippen LogP contribution is -2.12. The van der Waals surface area contributed by atoms with Gasteiger partial charge in [-0.15, -0.1) is 0 Å². The molecule has 120 valence electrons. The molecule has 0 radical (unpaired) electrons. The molecule has 0 spiro atoms. The van der Waals surface area contributed by atoms with Crippen molar-refractivity contribution in [3.05, 3.63) is 65.6 Å². The predicted molar refractivity (Wildman–Crippen MR) is 99.7 cm³/mol. The fourth-order valence-electron chi connectivity index (χ4n) is 3.02. The summed E-state index contributed by atoms with van der Waals surface area (Å²) in [6.45, 7) is 3.60. The van der Waals surface area contributed by atoms with E-state index < -0.39 is 0 Å². The van der Waals surface area contributed by atoms with Crippen molar-refractivity contribution in [3.63, 3.8) is 0 Å². The van der Waals surface area contributed by atoms with Gasteiger partial charge in [0.05, 0.1) is 11.0 Å². The minimum Gasteiger partial charge on any atom is -0.368 e. The molecule has 0 aliphatic rings. The molecule has 0 saturated heterocycles. The Balaban J connectivity index is 1.54. The molecule has 0 unspecified atom stereocenters. The summed E-state index contributed by atoms with van der Waals surface area (Å²) in [6.07, 6.45) is 0. The van der Waals surface area contributed by atoms with Gasteiger partial charge in [-0.3, -0.25) is 0 Å². The van der Waals surface area contributed by atoms with Crippen LogP contribution < -0.4 is 5.32 Å². The summed E-state index contributed by atoms with van der Waals surface area (Å²) in [4.78, 5) is 9.03. The number of rotatable bonds is 4. The number of fused-ring (bicyclic) bond motifs is 2. The zero-order chi connectivity index (χ0) is 16.5. The van der Waals surface area contributed by atoms with Gasteiger partial charge in [-0.25, -0.2) is 9.97 Å². The number of benzene rings is 2. The Bertz CT molecular complexity index is 1020. The third-order valence-electron chi connectivity index (χ3n) is 4.18. The van der Waals surface area contributed by atoms with E-state index in [1.165, 1.54) is 0 Å². The zero-order valence-corrected chi connectivity index (χ0v) is 14.1. The van der Waals surface area contributed by atoms with E-state index in [0.29, 0.717) is 5.15 Å². The number of anilines is 1. The van der Waals surface area contributed by atoms with Crippen LogP contribution in [0.3, 0.4) is 0 Å². The molecule has 2 aromatic carbocycles. The van der Waals surface area contributed by atoms with Crippen molar-refractivity contribution in [1.29, 1.82) is 0 Å². The average molecular weight is 337 g/mol. The van der Waals surface area contributed by atoms with Crippen molar-refractivity contribution >= 4 is 39.2 Å². The van der Waals surface area contributed by atoms with Gasteiger partial charge in [0, 0.05) is 18.5 Å². The molecule has 0 aliphatic carbocycles. The summed E-state index contributed by atoms with van der Waals surface area (Å²) in [6, 6.07) is 18.2. The first-order valence-electron chi connectivity index (χ1n) is 7.93. The van der Waals surface area contributed by atoms with Gasteiger partial charge in [0.1, 0.15) is 16.8 Å². The van der Waals surface area contributed by atoms with Crippen LogP contribution in [0, 0.1) is 6.92 Å². The Labute approximate surface area is 145 Å². The van der Waals surface area contributed by atoms with Gasteiger partial charge in [0.2, 0.25) is 0 Å². The number of hydrogen-bond donors (Lipinski definition) is 1. The average Bonchev–Trinajstić information content (AvgIpc) is 2.91. The molecule has 0 fully saturated rings. The van der Waals surface area contributed by atoms with Crippen molar-refractivity contribution in [2.24, 2.45) is 0 Å². The summed E-state index contributed by atoms with van der Waals surface area (Å²) < 4.78 is 2.21. The van der Waals surface area contributed by atoms with Crippen molar-refractivity contribution in [3.8, 4) is 0 Å². The van der Waals surface area contributed by atoms with Gasteiger partial charge in [0.15, 0.2) is 0 Å². The first-order valence-corrected chi connectivity index (χ1v) is 8.31. The molecule has 0 aliphatic heterocycles. The minimum absolute atomic E-state index is 0.528. The number of hydrogen-bond acceptors (Lipinski definition) is 3. The Morgan fingerprint density at radius 2 is 1.83 bits per heavy atom. The molecule has 0 bridgehead atoms. The first-order chi connectivity index (χ1) is 11.7. The molecule has 2 aromatic heterocycles. The maximum atomic E-state index is 6.28. The van der Waals surface area contributed by atoms with Crippen LogP contribution in [-0.4, -0.2) is 21.1 Å². The van der Waals surface area contributed by atoms with E-state index in [1.54, 1.807) is 0 Å². The lowest BCUT2D eigenvalue weighted by molar-refractivity contribution is 0.720. The molecule has 4 aromatic rings. The number of nitrogens with one attached hydrogen (secondary N) is 1. The van der Waals surface area contributed by atoms with E-state index >= 15 is 0 Å². The predicted octanol–water partition coefficient (Wildman–Crippen LogP) is 4.66. The van der Waals surface area contributed by atoms with E-state index in [0.717, 1.165) is 46.5 Å². The molecule has 24 heavy (non-hydrogen) atoms. The first kappa shape index (κ1) is 15.0. The summed E-state index contributed by atoms with van der Waals surface area (Å²) in [5, 5.41) is 5.95. The third-order valence-corrected chi connectivity index (χ3v) is 4.47. The zero-order valence-electron chi connectivity index (χ0n) is 13.3. The smallest absolute Gasteiger partial charge is 0.139 e. The number of aryl methyl sites for hydroxylation is 1. The maximum absolute atomic E-state index is 6.28. The lowest BCUT2D eigenvalue weighted by Gasteiger charge is -2.10. The van der Waals surface area contributed by atoms with Gasteiger partial charge < -0.3 is 9.88 Å². The number of aromatic nitrogens is 3. The van der Waals surface area contributed by atoms with Crippen molar-refractivity contribution < 1.29 is 0 Å². The van der Waals surface area contributed by atoms with Crippen LogP contribution in [0.2, 0.25) is 5.15 Å². The third kappa shape index (κ3) is 2.69. The van der Waals surface area contributed by atoms with E-state index in [-0.39, 0.29) is 0 Å². The summed E-state index contributed by atoms with van der Waals surface area (Å²) in [7, 11) is 0. The largest absolute Gasteiger partial charge is 0.368 e. The number of para-hydroxylation sites is 2. The highest BCUT2D eigenvalue weighted by molar-refractivity contribution is 6.34. The molecule has 4 rings (SSSR count). The number of halogens is 1.